The highest BCUT2D eigenvalue weighted by atomic mass is 32.2. The van der Waals surface area contributed by atoms with E-state index in [1.54, 1.807) is 0 Å². The molecule has 0 saturated carbocycles. The first-order valence-corrected chi connectivity index (χ1v) is 10.3. The van der Waals surface area contributed by atoms with Crippen molar-refractivity contribution in [2.24, 2.45) is 5.14 Å². The SMILES string of the molecule is C[C@](O)(CS(N)(=O)=O)c1cccc(-c2nnn(Cc3cc(C(F)(F)F)ccc3F)n2)n1. The van der Waals surface area contributed by atoms with Gasteiger partial charge in [0.1, 0.15) is 17.1 Å². The Morgan fingerprint density at radius 2 is 1.90 bits per heavy atom. The van der Waals surface area contributed by atoms with Crippen molar-refractivity contribution in [1.29, 1.82) is 0 Å². The van der Waals surface area contributed by atoms with Crippen LogP contribution in [0.3, 0.4) is 0 Å². The van der Waals surface area contributed by atoms with E-state index in [-0.39, 0.29) is 22.8 Å². The van der Waals surface area contributed by atoms with Crippen LogP contribution in [0.15, 0.2) is 36.4 Å². The summed E-state index contributed by atoms with van der Waals surface area (Å²) in [5.74, 6) is -1.72. The van der Waals surface area contributed by atoms with Gasteiger partial charge in [0.05, 0.1) is 23.6 Å². The Kier molecular flexibility index (Phi) is 5.82. The summed E-state index contributed by atoms with van der Waals surface area (Å²) >= 11 is 0. The quantitative estimate of drug-likeness (QED) is 0.531. The molecule has 0 radical (unpaired) electrons. The molecule has 0 bridgehead atoms. The van der Waals surface area contributed by atoms with Crippen LogP contribution in [0, 0.1) is 5.82 Å². The number of rotatable bonds is 6. The molecule has 1 atom stereocenters. The number of pyridine rings is 1. The normalized spacial score (nSPS) is 14.4. The van der Waals surface area contributed by atoms with Gasteiger partial charge in [0.25, 0.3) is 0 Å². The lowest BCUT2D eigenvalue weighted by Gasteiger charge is -2.21. The highest BCUT2D eigenvalue weighted by molar-refractivity contribution is 7.89. The Hall–Kier alpha value is -2.97. The summed E-state index contributed by atoms with van der Waals surface area (Å²) < 4.78 is 75.1. The molecule has 9 nitrogen and oxygen atoms in total. The van der Waals surface area contributed by atoms with Crippen molar-refractivity contribution in [3.05, 3.63) is 59.0 Å². The van der Waals surface area contributed by atoms with Gasteiger partial charge in [-0.1, -0.05) is 6.07 Å². The molecule has 2 heterocycles. The van der Waals surface area contributed by atoms with Gasteiger partial charge in [0.15, 0.2) is 0 Å². The first kappa shape index (κ1) is 22.7. The number of benzene rings is 1. The zero-order chi connectivity index (χ0) is 23.0. The van der Waals surface area contributed by atoms with Crippen LogP contribution in [-0.2, 0) is 28.3 Å². The first-order valence-electron chi connectivity index (χ1n) is 8.59. The van der Waals surface area contributed by atoms with E-state index in [2.05, 4.69) is 20.4 Å². The number of aromatic nitrogens is 5. The summed E-state index contributed by atoms with van der Waals surface area (Å²) in [6.45, 7) is 0.787. The van der Waals surface area contributed by atoms with Crippen molar-refractivity contribution in [3.63, 3.8) is 0 Å². The van der Waals surface area contributed by atoms with E-state index in [0.717, 1.165) is 4.80 Å². The molecule has 31 heavy (non-hydrogen) atoms. The monoisotopic (exact) mass is 460 g/mol. The Morgan fingerprint density at radius 1 is 1.19 bits per heavy atom. The fraction of sp³-hybridized carbons (Fsp3) is 0.294. The van der Waals surface area contributed by atoms with Crippen molar-refractivity contribution < 1.29 is 31.1 Å². The maximum Gasteiger partial charge on any atom is 0.416 e. The molecule has 14 heteroatoms. The summed E-state index contributed by atoms with van der Waals surface area (Å²) in [7, 11) is -4.01. The number of nitrogens with two attached hydrogens (primary N) is 1. The van der Waals surface area contributed by atoms with E-state index >= 15 is 0 Å². The first-order chi connectivity index (χ1) is 14.2. The molecule has 0 fully saturated rings. The topological polar surface area (TPSA) is 137 Å². The lowest BCUT2D eigenvalue weighted by molar-refractivity contribution is -0.137. The summed E-state index contributed by atoms with van der Waals surface area (Å²) in [4.78, 5) is 4.99. The largest absolute Gasteiger partial charge is 0.416 e. The minimum absolute atomic E-state index is 0.0284. The van der Waals surface area contributed by atoms with Gasteiger partial charge in [0, 0.05) is 5.56 Å². The van der Waals surface area contributed by atoms with E-state index < -0.39 is 45.5 Å². The van der Waals surface area contributed by atoms with Crippen molar-refractivity contribution >= 4 is 10.0 Å². The minimum Gasteiger partial charge on any atom is -0.383 e. The van der Waals surface area contributed by atoms with Crippen LogP contribution >= 0.6 is 0 Å². The van der Waals surface area contributed by atoms with Crippen LogP contribution in [0.25, 0.3) is 11.5 Å². The Labute approximate surface area is 173 Å². The van der Waals surface area contributed by atoms with Crippen LogP contribution in [-0.4, -0.2) is 44.5 Å². The second kappa shape index (κ2) is 7.94. The average Bonchev–Trinajstić information content (AvgIpc) is 3.09. The van der Waals surface area contributed by atoms with Gasteiger partial charge < -0.3 is 5.11 Å². The zero-order valence-corrected chi connectivity index (χ0v) is 16.7. The third-order valence-electron chi connectivity index (χ3n) is 4.15. The smallest absolute Gasteiger partial charge is 0.383 e. The molecule has 0 spiro atoms. The lowest BCUT2D eigenvalue weighted by atomic mass is 10.0. The van der Waals surface area contributed by atoms with Gasteiger partial charge in [-0.05, 0) is 42.5 Å². The number of hydrogen-bond donors (Lipinski definition) is 2. The Bertz CT molecular complexity index is 1210. The van der Waals surface area contributed by atoms with E-state index in [1.165, 1.54) is 25.1 Å². The van der Waals surface area contributed by atoms with Crippen LogP contribution in [0.4, 0.5) is 17.6 Å². The number of nitrogens with zero attached hydrogens (tertiary/aromatic N) is 5. The molecule has 1 aromatic carbocycles. The molecule has 0 aliphatic rings. The third kappa shape index (κ3) is 5.59. The van der Waals surface area contributed by atoms with Gasteiger partial charge >= 0.3 is 6.18 Å². The molecule has 2 aromatic heterocycles. The molecule has 0 saturated heterocycles. The summed E-state index contributed by atoms with van der Waals surface area (Å²) in [6, 6.07) is 6.26. The standard InChI is InChI=1S/C17H16F4N6O3S/c1-16(28,9-31(22,29)30)14-4-2-3-13(23-14)15-24-26-27(25-15)8-10-7-11(17(19,20)21)5-6-12(10)18/h2-7,28H,8-9H2,1H3,(H2,22,29,30)/t16-/m0/s1. The predicted molar refractivity (Wildman–Crippen MR) is 99.1 cm³/mol. The Morgan fingerprint density at radius 3 is 2.55 bits per heavy atom. The third-order valence-corrected chi connectivity index (χ3v) is 5.11. The molecule has 166 valence electrons. The van der Waals surface area contributed by atoms with Crippen LogP contribution in [0.1, 0.15) is 23.7 Å². The molecule has 0 aliphatic heterocycles. The number of hydrogen-bond acceptors (Lipinski definition) is 7. The fourth-order valence-electron chi connectivity index (χ4n) is 2.76. The Balaban J connectivity index is 1.87. The number of aliphatic hydroxyl groups is 1. The van der Waals surface area contributed by atoms with Crippen LogP contribution in [0.2, 0.25) is 0 Å². The number of halogens is 4. The molecule has 3 aromatic rings. The lowest BCUT2D eigenvalue weighted by Crippen LogP contribution is -2.35. The van der Waals surface area contributed by atoms with Crippen molar-refractivity contribution in [1.82, 2.24) is 25.2 Å². The van der Waals surface area contributed by atoms with Crippen molar-refractivity contribution in [2.75, 3.05) is 5.75 Å². The van der Waals surface area contributed by atoms with E-state index in [0.29, 0.717) is 18.2 Å². The number of tetrazole rings is 1. The molecule has 0 unspecified atom stereocenters. The maximum absolute atomic E-state index is 13.9. The summed E-state index contributed by atoms with van der Waals surface area (Å²) in [5.41, 5.74) is -3.14. The second-order valence-corrected chi connectivity index (χ2v) is 8.55. The molecular weight excluding hydrogens is 444 g/mol. The number of sulfonamides is 1. The van der Waals surface area contributed by atoms with Crippen molar-refractivity contribution in [2.45, 2.75) is 25.2 Å². The molecule has 3 rings (SSSR count). The minimum atomic E-state index is -4.64. The highest BCUT2D eigenvalue weighted by Crippen LogP contribution is 2.30. The van der Waals surface area contributed by atoms with Gasteiger partial charge in [0.2, 0.25) is 15.8 Å². The van der Waals surface area contributed by atoms with Crippen LogP contribution < -0.4 is 5.14 Å². The van der Waals surface area contributed by atoms with E-state index in [9.17, 15) is 31.1 Å². The van der Waals surface area contributed by atoms with Gasteiger partial charge in [-0.15, -0.1) is 10.2 Å². The molecule has 0 aliphatic carbocycles. The highest BCUT2D eigenvalue weighted by Gasteiger charge is 2.32. The number of alkyl halides is 3. The van der Waals surface area contributed by atoms with Gasteiger partial charge in [-0.25, -0.2) is 22.9 Å². The number of primary sulfonamides is 1. The van der Waals surface area contributed by atoms with E-state index in [4.69, 9.17) is 5.14 Å². The molecule has 3 N–H and O–H groups in total. The fourth-order valence-corrected chi connectivity index (χ4v) is 3.69. The van der Waals surface area contributed by atoms with E-state index in [1.807, 2.05) is 0 Å². The average molecular weight is 460 g/mol. The van der Waals surface area contributed by atoms with Gasteiger partial charge in [-0.3, -0.25) is 0 Å². The predicted octanol–water partition coefficient (Wildman–Crippen LogP) is 1.44. The van der Waals surface area contributed by atoms with Crippen molar-refractivity contribution in [3.8, 4) is 11.5 Å². The van der Waals surface area contributed by atoms with Crippen LogP contribution in [0.5, 0.6) is 0 Å². The summed E-state index contributed by atoms with van der Waals surface area (Å²) in [6.07, 6.45) is -4.64. The summed E-state index contributed by atoms with van der Waals surface area (Å²) in [5, 5.41) is 26.8. The van der Waals surface area contributed by atoms with Gasteiger partial charge in [-0.2, -0.15) is 18.0 Å². The molecule has 0 amide bonds. The second-order valence-electron chi connectivity index (χ2n) is 6.94. The maximum atomic E-state index is 13.9. The zero-order valence-electron chi connectivity index (χ0n) is 15.9. The molecular formula is C17H16F4N6O3S.